The highest BCUT2D eigenvalue weighted by Gasteiger charge is 2.35. The standard InChI is InChI=1S/C27H30ClN3O4S4/c1-3-5-6-7-8-9-14-30-24(34)20(38-26(30)23-25(35)31(16-22(32)33)27(36)39-23)12-13-21-29(4-2)18-15-17(28)10-11-19(18)37-21/h10-13,15H,3-9,14,16H2,1-2H3,(H,32,33)/b20-12?,21-13?,26-23-. The van der Waals surface area contributed by atoms with Gasteiger partial charge in [-0.1, -0.05) is 86.4 Å². The number of benzene rings is 1. The second-order valence-corrected chi connectivity index (χ2v) is 13.3. The van der Waals surface area contributed by atoms with Crippen molar-refractivity contribution in [2.45, 2.75) is 63.8 Å². The molecule has 0 atom stereocenters. The number of carbonyl (C=O) groups is 2. The smallest absolute Gasteiger partial charge is 0.323 e. The van der Waals surface area contributed by atoms with Gasteiger partial charge in [0.1, 0.15) is 20.4 Å². The average molecular weight is 624 g/mol. The number of fused-ring (bicyclic) bond motifs is 1. The lowest BCUT2D eigenvalue weighted by Gasteiger charge is -2.17. The Balaban J connectivity index is 1.72. The summed E-state index contributed by atoms with van der Waals surface area (Å²) in [4.78, 5) is 42.6. The van der Waals surface area contributed by atoms with Crippen LogP contribution in [0.3, 0.4) is 0 Å². The summed E-state index contributed by atoms with van der Waals surface area (Å²) >= 11 is 15.5. The summed E-state index contributed by atoms with van der Waals surface area (Å²) in [6.45, 7) is 4.98. The van der Waals surface area contributed by atoms with Gasteiger partial charge in [-0.3, -0.25) is 23.9 Å². The van der Waals surface area contributed by atoms with Crippen LogP contribution in [-0.4, -0.2) is 43.9 Å². The number of allylic oxidation sites excluding steroid dienone is 1. The van der Waals surface area contributed by atoms with Crippen molar-refractivity contribution in [3.63, 3.8) is 0 Å². The fraction of sp³-hybridized carbons (Fsp3) is 0.407. The summed E-state index contributed by atoms with van der Waals surface area (Å²) in [5.41, 5.74) is 0.882. The summed E-state index contributed by atoms with van der Waals surface area (Å²) in [6.07, 6.45) is 10.2. The highest BCUT2D eigenvalue weighted by molar-refractivity contribution is 8.30. The third-order valence-corrected chi connectivity index (χ3v) is 10.4. The Labute approximate surface area is 250 Å². The summed E-state index contributed by atoms with van der Waals surface area (Å²) in [5.74, 6) is -1.60. The molecule has 0 saturated carbocycles. The molecular weight excluding hydrogens is 594 g/mol. The Morgan fingerprint density at radius 1 is 1.05 bits per heavy atom. The van der Waals surface area contributed by atoms with E-state index < -0.39 is 18.4 Å². The third kappa shape index (κ3) is 6.82. The van der Waals surface area contributed by atoms with E-state index in [1.54, 1.807) is 16.3 Å². The van der Waals surface area contributed by atoms with Crippen LogP contribution in [0.4, 0.5) is 5.69 Å². The number of aromatic nitrogens is 1. The number of halogens is 1. The number of thiocarbonyl (C=S) groups is 1. The van der Waals surface area contributed by atoms with Crippen molar-refractivity contribution in [2.75, 3.05) is 18.0 Å². The van der Waals surface area contributed by atoms with E-state index in [2.05, 4.69) is 18.7 Å². The molecule has 0 bridgehead atoms. The van der Waals surface area contributed by atoms with Crippen LogP contribution >= 0.6 is 58.7 Å². The van der Waals surface area contributed by atoms with Crippen LogP contribution in [0.15, 0.2) is 39.0 Å². The van der Waals surface area contributed by atoms with Crippen molar-refractivity contribution in [3.8, 4) is 0 Å². The Morgan fingerprint density at radius 3 is 2.51 bits per heavy atom. The zero-order valence-electron chi connectivity index (χ0n) is 21.8. The van der Waals surface area contributed by atoms with E-state index in [-0.39, 0.29) is 9.88 Å². The summed E-state index contributed by atoms with van der Waals surface area (Å²) in [6, 6.07) is 5.80. The number of hydrogen-bond donors (Lipinski definition) is 1. The maximum absolute atomic E-state index is 13.6. The van der Waals surface area contributed by atoms with Crippen LogP contribution in [0, 0.1) is 0 Å². The van der Waals surface area contributed by atoms with Crippen molar-refractivity contribution < 1.29 is 14.7 Å². The maximum Gasteiger partial charge on any atom is 0.323 e. The number of rotatable bonds is 11. The molecule has 0 aliphatic carbocycles. The summed E-state index contributed by atoms with van der Waals surface area (Å²) in [7, 11) is 0. The first kappa shape index (κ1) is 29.9. The minimum absolute atomic E-state index is 0.157. The number of unbranched alkanes of at least 4 members (excludes halogenated alkanes) is 5. The maximum atomic E-state index is 13.6. The molecule has 3 heterocycles. The number of amides is 1. The summed E-state index contributed by atoms with van der Waals surface area (Å²) in [5, 5.41) is 10.9. The van der Waals surface area contributed by atoms with Crippen molar-refractivity contribution in [1.82, 2.24) is 9.47 Å². The number of anilines is 1. The van der Waals surface area contributed by atoms with E-state index in [0.717, 1.165) is 64.5 Å². The molecule has 2 aliphatic heterocycles. The van der Waals surface area contributed by atoms with Gasteiger partial charge in [-0.15, -0.1) is 11.3 Å². The van der Waals surface area contributed by atoms with Crippen LogP contribution < -0.4 is 19.7 Å². The molecule has 0 radical (unpaired) electrons. The SMILES string of the molecule is CCCCCCCCn1c(=O)c(=CC=C2Sc3ccc(Cl)cc3N2CC)s/c1=C1\SC(=S)N(CC(=O)O)C1=O. The predicted molar refractivity (Wildman–Crippen MR) is 167 cm³/mol. The molecule has 2 aliphatic rings. The minimum Gasteiger partial charge on any atom is -0.480 e. The van der Waals surface area contributed by atoms with Crippen LogP contribution in [0.25, 0.3) is 11.0 Å². The molecule has 208 valence electrons. The van der Waals surface area contributed by atoms with Gasteiger partial charge in [-0.25, -0.2) is 0 Å². The zero-order chi connectivity index (χ0) is 28.1. The number of carbonyl (C=O) groups excluding carboxylic acids is 1. The molecule has 2 aromatic rings. The van der Waals surface area contributed by atoms with E-state index in [1.165, 1.54) is 24.2 Å². The van der Waals surface area contributed by atoms with E-state index >= 15 is 0 Å². The number of thiazole rings is 1. The number of carboxylic acids is 1. The number of aliphatic carboxylic acids is 1. The van der Waals surface area contributed by atoms with Gasteiger partial charge in [0.2, 0.25) is 0 Å². The number of nitrogens with zero attached hydrogens (tertiary/aromatic N) is 3. The molecule has 39 heavy (non-hydrogen) atoms. The van der Waals surface area contributed by atoms with E-state index in [1.807, 2.05) is 30.4 Å². The molecule has 12 heteroatoms. The van der Waals surface area contributed by atoms with Gasteiger partial charge in [0.25, 0.3) is 11.5 Å². The lowest BCUT2D eigenvalue weighted by Crippen LogP contribution is -2.35. The quantitative estimate of drug-likeness (QED) is 0.269. The van der Waals surface area contributed by atoms with Crippen LogP contribution in [0.2, 0.25) is 5.02 Å². The largest absolute Gasteiger partial charge is 0.480 e. The van der Waals surface area contributed by atoms with Gasteiger partial charge in [0.05, 0.1) is 15.2 Å². The van der Waals surface area contributed by atoms with Crippen molar-refractivity contribution in [1.29, 1.82) is 0 Å². The molecule has 1 fully saturated rings. The molecule has 1 aromatic heterocycles. The highest BCUT2D eigenvalue weighted by Crippen LogP contribution is 2.46. The second-order valence-electron chi connectivity index (χ2n) is 9.11. The molecule has 1 saturated heterocycles. The van der Waals surface area contributed by atoms with Gasteiger partial charge < -0.3 is 10.0 Å². The second kappa shape index (κ2) is 13.5. The fourth-order valence-electron chi connectivity index (χ4n) is 4.43. The molecule has 0 spiro atoms. The minimum atomic E-state index is -1.14. The van der Waals surface area contributed by atoms with Gasteiger partial charge in [-0.05, 0) is 43.7 Å². The highest BCUT2D eigenvalue weighted by atomic mass is 35.5. The Bertz CT molecular complexity index is 1500. The number of carboxylic acid groups (broad SMARTS) is 1. The third-order valence-electron chi connectivity index (χ3n) is 6.37. The monoisotopic (exact) mass is 623 g/mol. The lowest BCUT2D eigenvalue weighted by atomic mass is 10.1. The fourth-order valence-corrected chi connectivity index (χ4v) is 8.18. The molecule has 4 rings (SSSR count). The first-order valence-electron chi connectivity index (χ1n) is 12.9. The van der Waals surface area contributed by atoms with Crippen molar-refractivity contribution in [3.05, 3.63) is 53.9 Å². The van der Waals surface area contributed by atoms with Crippen molar-refractivity contribution in [2.24, 2.45) is 0 Å². The molecule has 1 aromatic carbocycles. The van der Waals surface area contributed by atoms with Crippen LogP contribution in [0.5, 0.6) is 0 Å². The lowest BCUT2D eigenvalue weighted by molar-refractivity contribution is -0.140. The van der Waals surface area contributed by atoms with Crippen LogP contribution in [-0.2, 0) is 16.1 Å². The van der Waals surface area contributed by atoms with Gasteiger partial charge >= 0.3 is 5.97 Å². The van der Waals surface area contributed by atoms with Gasteiger partial charge in [0.15, 0.2) is 0 Å². The van der Waals surface area contributed by atoms with Crippen LogP contribution in [0.1, 0.15) is 52.4 Å². The topological polar surface area (TPSA) is 82.8 Å². The first-order chi connectivity index (χ1) is 18.7. The zero-order valence-corrected chi connectivity index (χ0v) is 25.8. The van der Waals surface area contributed by atoms with E-state index in [0.29, 0.717) is 25.7 Å². The normalized spacial score (nSPS) is 18.1. The molecule has 1 N–H and O–H groups in total. The predicted octanol–water partition coefficient (Wildman–Crippen LogP) is 5.23. The number of thioether (sulfide) groups is 2. The first-order valence-corrected chi connectivity index (χ1v) is 16.1. The molecule has 0 unspecified atom stereocenters. The Kier molecular flexibility index (Phi) is 10.4. The molecule has 7 nitrogen and oxygen atoms in total. The molecule has 1 amide bonds. The van der Waals surface area contributed by atoms with Crippen molar-refractivity contribution >= 4 is 91.5 Å². The summed E-state index contributed by atoms with van der Waals surface area (Å²) < 4.78 is 2.90. The van der Waals surface area contributed by atoms with Gasteiger partial charge in [0, 0.05) is 23.0 Å². The van der Waals surface area contributed by atoms with E-state index in [4.69, 9.17) is 23.8 Å². The number of hydrogen-bond acceptors (Lipinski definition) is 8. The van der Waals surface area contributed by atoms with E-state index in [9.17, 15) is 19.5 Å². The van der Waals surface area contributed by atoms with Gasteiger partial charge in [-0.2, -0.15) is 0 Å². The molecular formula is C27H30ClN3O4S4. The average Bonchev–Trinajstić information content (AvgIpc) is 3.50. The Hall–Kier alpha value is -2.05. The Morgan fingerprint density at radius 2 is 1.79 bits per heavy atom.